The summed E-state index contributed by atoms with van der Waals surface area (Å²) in [6, 6.07) is 10.7. The second kappa shape index (κ2) is 5.12. The Bertz CT molecular complexity index is 516. The van der Waals surface area contributed by atoms with Gasteiger partial charge in [0, 0.05) is 13.1 Å². The first-order valence-electron chi connectivity index (χ1n) is 6.17. The molecule has 1 aromatic heterocycles. The summed E-state index contributed by atoms with van der Waals surface area (Å²) in [5.41, 5.74) is 8.92. The van der Waals surface area contributed by atoms with Crippen molar-refractivity contribution < 1.29 is 0 Å². The van der Waals surface area contributed by atoms with Crippen LogP contribution >= 0.6 is 0 Å². The molecule has 4 heteroatoms. The fraction of sp³-hybridized carbons (Fsp3) is 0.357. The minimum Gasteiger partial charge on any atom is -0.394 e. The van der Waals surface area contributed by atoms with Crippen LogP contribution in [-0.4, -0.2) is 15.8 Å². The molecule has 1 unspecified atom stereocenters. The molecule has 0 aliphatic rings. The zero-order chi connectivity index (χ0) is 13.1. The number of aromatic nitrogens is 2. The molecule has 1 heterocycles. The van der Waals surface area contributed by atoms with E-state index in [1.54, 1.807) is 4.68 Å². The van der Waals surface area contributed by atoms with Gasteiger partial charge in [-0.3, -0.25) is 4.68 Å². The zero-order valence-electron chi connectivity index (χ0n) is 11.1. The Hall–Kier alpha value is -1.97. The average Bonchev–Trinajstić information content (AvgIpc) is 2.57. The molecule has 0 radical (unpaired) electrons. The summed E-state index contributed by atoms with van der Waals surface area (Å²) in [6.07, 6.45) is 0.963. The van der Waals surface area contributed by atoms with E-state index in [0.29, 0.717) is 6.04 Å². The molecule has 2 aromatic rings. The number of rotatable bonds is 4. The van der Waals surface area contributed by atoms with Gasteiger partial charge in [0.15, 0.2) is 0 Å². The summed E-state index contributed by atoms with van der Waals surface area (Å²) in [7, 11) is 1.90. The maximum Gasteiger partial charge on any atom is 0.147 e. The lowest BCUT2D eigenvalue weighted by atomic mass is 10.1. The molecule has 18 heavy (non-hydrogen) atoms. The summed E-state index contributed by atoms with van der Waals surface area (Å²) in [5, 5.41) is 7.72. The van der Waals surface area contributed by atoms with Gasteiger partial charge in [0.25, 0.3) is 0 Å². The van der Waals surface area contributed by atoms with Crippen molar-refractivity contribution in [3.63, 3.8) is 0 Å². The van der Waals surface area contributed by atoms with Crippen LogP contribution in [0, 0.1) is 6.92 Å². The maximum absolute atomic E-state index is 6.00. The molecule has 1 atom stereocenters. The summed E-state index contributed by atoms with van der Waals surface area (Å²) in [4.78, 5) is 0. The van der Waals surface area contributed by atoms with E-state index in [9.17, 15) is 0 Å². The number of aryl methyl sites for hydroxylation is 2. The summed E-state index contributed by atoms with van der Waals surface area (Å²) in [6.45, 7) is 4.07. The van der Waals surface area contributed by atoms with Crippen LogP contribution in [0.4, 0.5) is 11.5 Å². The summed E-state index contributed by atoms with van der Waals surface area (Å²) in [5.74, 6) is 0.899. The van der Waals surface area contributed by atoms with Gasteiger partial charge in [-0.1, -0.05) is 30.3 Å². The van der Waals surface area contributed by atoms with E-state index in [-0.39, 0.29) is 0 Å². The Morgan fingerprint density at radius 1 is 1.33 bits per heavy atom. The first-order valence-corrected chi connectivity index (χ1v) is 6.17. The number of anilines is 2. The number of benzene rings is 1. The molecular weight excluding hydrogens is 224 g/mol. The van der Waals surface area contributed by atoms with E-state index in [4.69, 9.17) is 5.73 Å². The van der Waals surface area contributed by atoms with Crippen molar-refractivity contribution in [2.24, 2.45) is 7.05 Å². The molecule has 0 aliphatic heterocycles. The van der Waals surface area contributed by atoms with E-state index >= 15 is 0 Å². The fourth-order valence-electron chi connectivity index (χ4n) is 2.10. The van der Waals surface area contributed by atoms with Crippen LogP contribution in [0.25, 0.3) is 0 Å². The molecule has 3 N–H and O–H groups in total. The first-order chi connectivity index (χ1) is 8.58. The van der Waals surface area contributed by atoms with Crippen molar-refractivity contribution >= 4 is 11.5 Å². The third-order valence-corrected chi connectivity index (χ3v) is 3.04. The van der Waals surface area contributed by atoms with Gasteiger partial charge in [-0.2, -0.15) is 5.10 Å². The molecule has 0 saturated carbocycles. The van der Waals surface area contributed by atoms with Crippen molar-refractivity contribution in [1.82, 2.24) is 9.78 Å². The predicted molar refractivity (Wildman–Crippen MR) is 75.6 cm³/mol. The predicted octanol–water partition coefficient (Wildman–Crippen LogP) is 2.35. The van der Waals surface area contributed by atoms with Crippen molar-refractivity contribution in [1.29, 1.82) is 0 Å². The van der Waals surface area contributed by atoms with Crippen LogP contribution in [0.3, 0.4) is 0 Å². The molecular formula is C14H20N4. The van der Waals surface area contributed by atoms with Crippen molar-refractivity contribution in [2.75, 3.05) is 11.1 Å². The zero-order valence-corrected chi connectivity index (χ0v) is 11.1. The maximum atomic E-state index is 6.00. The van der Waals surface area contributed by atoms with Crippen LogP contribution in [0.2, 0.25) is 0 Å². The van der Waals surface area contributed by atoms with Crippen LogP contribution in [-0.2, 0) is 13.5 Å². The molecule has 0 spiro atoms. The van der Waals surface area contributed by atoms with Gasteiger partial charge in [-0.05, 0) is 25.8 Å². The van der Waals surface area contributed by atoms with Crippen molar-refractivity contribution in [3.8, 4) is 0 Å². The van der Waals surface area contributed by atoms with Crippen LogP contribution in [0.15, 0.2) is 30.3 Å². The van der Waals surface area contributed by atoms with Gasteiger partial charge in [0.05, 0.1) is 11.4 Å². The molecule has 96 valence electrons. The number of nitrogens with one attached hydrogen (secondary N) is 1. The Morgan fingerprint density at radius 3 is 2.56 bits per heavy atom. The van der Waals surface area contributed by atoms with Crippen molar-refractivity contribution in [3.05, 3.63) is 41.6 Å². The largest absolute Gasteiger partial charge is 0.394 e. The van der Waals surface area contributed by atoms with E-state index in [1.165, 1.54) is 5.56 Å². The standard InChI is InChI=1S/C14H20N4/c1-10(9-12-7-5-4-6-8-12)16-14-13(15)11(2)17-18(14)3/h4-8,10,16H,9,15H2,1-3H3. The number of hydrogen-bond donors (Lipinski definition) is 2. The molecule has 0 bridgehead atoms. The molecule has 0 fully saturated rings. The summed E-state index contributed by atoms with van der Waals surface area (Å²) < 4.78 is 1.80. The monoisotopic (exact) mass is 244 g/mol. The second-order valence-electron chi connectivity index (χ2n) is 4.71. The molecule has 0 saturated heterocycles. The van der Waals surface area contributed by atoms with Crippen molar-refractivity contribution in [2.45, 2.75) is 26.3 Å². The normalized spacial score (nSPS) is 12.4. The highest BCUT2D eigenvalue weighted by Gasteiger charge is 2.12. The Morgan fingerprint density at radius 2 is 2.00 bits per heavy atom. The van der Waals surface area contributed by atoms with Gasteiger partial charge < -0.3 is 11.1 Å². The van der Waals surface area contributed by atoms with Crippen LogP contribution in [0.1, 0.15) is 18.2 Å². The molecule has 0 aliphatic carbocycles. The van der Waals surface area contributed by atoms with Gasteiger partial charge >= 0.3 is 0 Å². The number of hydrogen-bond acceptors (Lipinski definition) is 3. The SMILES string of the molecule is Cc1nn(C)c(NC(C)Cc2ccccc2)c1N. The molecule has 2 rings (SSSR count). The van der Waals surface area contributed by atoms with E-state index in [1.807, 2.05) is 20.0 Å². The lowest BCUT2D eigenvalue weighted by Crippen LogP contribution is -2.20. The quantitative estimate of drug-likeness (QED) is 0.868. The van der Waals surface area contributed by atoms with Crippen LogP contribution in [0.5, 0.6) is 0 Å². The number of nitrogens with zero attached hydrogens (tertiary/aromatic N) is 2. The smallest absolute Gasteiger partial charge is 0.147 e. The molecule has 1 aromatic carbocycles. The van der Waals surface area contributed by atoms with Gasteiger partial charge in [0.1, 0.15) is 5.82 Å². The van der Waals surface area contributed by atoms with Gasteiger partial charge in [0.2, 0.25) is 0 Å². The molecule has 4 nitrogen and oxygen atoms in total. The number of nitrogen functional groups attached to an aromatic ring is 1. The Kier molecular flexibility index (Phi) is 3.55. The minimum absolute atomic E-state index is 0.310. The Labute approximate surface area is 108 Å². The average molecular weight is 244 g/mol. The summed E-state index contributed by atoms with van der Waals surface area (Å²) >= 11 is 0. The van der Waals surface area contributed by atoms with E-state index in [2.05, 4.69) is 41.6 Å². The fourth-order valence-corrected chi connectivity index (χ4v) is 2.10. The third kappa shape index (κ3) is 2.64. The van der Waals surface area contributed by atoms with E-state index in [0.717, 1.165) is 23.6 Å². The first kappa shape index (κ1) is 12.5. The van der Waals surface area contributed by atoms with Gasteiger partial charge in [-0.25, -0.2) is 0 Å². The van der Waals surface area contributed by atoms with Gasteiger partial charge in [-0.15, -0.1) is 0 Å². The third-order valence-electron chi connectivity index (χ3n) is 3.04. The van der Waals surface area contributed by atoms with E-state index < -0.39 is 0 Å². The highest BCUT2D eigenvalue weighted by molar-refractivity contribution is 5.64. The highest BCUT2D eigenvalue weighted by atomic mass is 15.3. The lowest BCUT2D eigenvalue weighted by Gasteiger charge is -2.16. The second-order valence-corrected chi connectivity index (χ2v) is 4.71. The highest BCUT2D eigenvalue weighted by Crippen LogP contribution is 2.22. The lowest BCUT2D eigenvalue weighted by molar-refractivity contribution is 0.724. The Balaban J connectivity index is 2.05. The minimum atomic E-state index is 0.310. The number of nitrogens with two attached hydrogens (primary N) is 1. The van der Waals surface area contributed by atoms with Crippen LogP contribution < -0.4 is 11.1 Å². The molecule has 0 amide bonds. The topological polar surface area (TPSA) is 55.9 Å².